The molecule has 2 N–H and O–H groups in total. The number of aromatic nitrogens is 4. The molecule has 0 unspecified atom stereocenters. The van der Waals surface area contributed by atoms with Gasteiger partial charge in [-0.05, 0) is 115 Å². The van der Waals surface area contributed by atoms with E-state index in [1.807, 2.05) is 38.1 Å². The maximum absolute atomic E-state index is 13.5. The number of carbonyl (C=O) groups excluding carboxylic acids is 3. The van der Waals surface area contributed by atoms with E-state index >= 15 is 0 Å². The standard InChI is InChI=1S/C50H62Cl2N6O12/c1-48(2,64)27-67-40-11-7-9-30(42(40)51)25-65-36-19-34-23-56(24-35(34)20-36)47(63)58-16-14-39(54-58)45(61)70-50(5,6)29-69-49(3,4)28-68-41-12-8-10-31(43(41)52)26-66-37-17-32-21-55(22-33(32)18-37)46(62)57-15-13-38(53-57)44(59)60/h7-16,32-37,64H,17-29H2,1-6H3,(H,59,60)/t32-,33+,34-,35+,36+,37+. The smallest absolute Gasteiger partial charge is 0.359 e. The topological polar surface area (TPSA) is 206 Å². The molecule has 4 aliphatic rings. The zero-order valence-electron chi connectivity index (χ0n) is 40.3. The van der Waals surface area contributed by atoms with Gasteiger partial charge in [0.25, 0.3) is 0 Å². The van der Waals surface area contributed by atoms with Gasteiger partial charge < -0.3 is 48.4 Å². The molecule has 4 aromatic rings. The van der Waals surface area contributed by atoms with E-state index in [4.69, 9.17) is 56.7 Å². The fraction of sp³-hybridized carbons (Fsp3) is 0.560. The molecule has 4 heterocycles. The number of fused-ring (bicyclic) bond motifs is 2. The Morgan fingerprint density at radius 3 is 1.51 bits per heavy atom. The number of likely N-dealkylation sites (tertiary alicyclic amines) is 2. The maximum atomic E-state index is 13.5. The summed E-state index contributed by atoms with van der Waals surface area (Å²) in [5.41, 5.74) is -1.45. The second-order valence-corrected chi connectivity index (χ2v) is 21.6. The van der Waals surface area contributed by atoms with Crippen molar-refractivity contribution in [3.63, 3.8) is 0 Å². The number of amides is 2. The van der Waals surface area contributed by atoms with Gasteiger partial charge >= 0.3 is 24.0 Å². The molecular formula is C50H62Cl2N6O12. The normalized spacial score (nSPS) is 22.3. The van der Waals surface area contributed by atoms with Crippen molar-refractivity contribution in [2.45, 2.75) is 109 Å². The third-order valence-electron chi connectivity index (χ3n) is 13.3. The minimum Gasteiger partial charge on any atom is -0.489 e. The molecule has 2 aliphatic heterocycles. The van der Waals surface area contributed by atoms with Crippen LogP contribution in [-0.4, -0.2) is 139 Å². The summed E-state index contributed by atoms with van der Waals surface area (Å²) in [4.78, 5) is 54.4. The van der Waals surface area contributed by atoms with Gasteiger partial charge in [0.2, 0.25) is 0 Å². The second kappa shape index (κ2) is 20.8. The Labute approximate surface area is 417 Å². The summed E-state index contributed by atoms with van der Waals surface area (Å²) in [6, 6.07) is 13.2. The average Bonchev–Trinajstić information content (AvgIpc) is 4.16. The number of nitrogens with zero attached hydrogens (tertiary/aromatic N) is 6. The molecule has 2 aromatic heterocycles. The highest BCUT2D eigenvalue weighted by molar-refractivity contribution is 6.33. The SMILES string of the molecule is CC(C)(O)COc1cccc(CO[C@H]2C[C@@H]3CN(C(=O)n4ccc(C(=O)OC(C)(C)COC(C)(C)COc5cccc(CO[C@H]6C[C@@H]7CN(C(=O)n8ccc(C(=O)O)n8)C[C@@H]7C6)c5Cl)n4)C[C@@H]3C2)c1Cl. The van der Waals surface area contributed by atoms with Crippen LogP contribution in [0.5, 0.6) is 11.5 Å². The molecule has 2 saturated heterocycles. The highest BCUT2D eigenvalue weighted by atomic mass is 35.5. The Morgan fingerprint density at radius 1 is 0.629 bits per heavy atom. The van der Waals surface area contributed by atoms with E-state index in [-0.39, 0.29) is 85.8 Å². The number of carboxylic acids is 1. The first-order valence-corrected chi connectivity index (χ1v) is 24.4. The molecule has 8 rings (SSSR count). The van der Waals surface area contributed by atoms with Crippen LogP contribution in [0.1, 0.15) is 99.3 Å². The van der Waals surface area contributed by atoms with E-state index in [1.54, 1.807) is 49.6 Å². The van der Waals surface area contributed by atoms with Crippen LogP contribution < -0.4 is 9.47 Å². The van der Waals surface area contributed by atoms with Crippen molar-refractivity contribution in [3.8, 4) is 11.5 Å². The lowest BCUT2D eigenvalue weighted by Gasteiger charge is -2.31. The van der Waals surface area contributed by atoms with Gasteiger partial charge in [0, 0.05) is 49.7 Å². The lowest BCUT2D eigenvalue weighted by atomic mass is 10.0. The molecule has 0 spiro atoms. The van der Waals surface area contributed by atoms with Crippen LogP contribution in [-0.2, 0) is 32.2 Å². The third-order valence-corrected chi connectivity index (χ3v) is 14.2. The zero-order valence-corrected chi connectivity index (χ0v) is 41.9. The Hall–Kier alpha value is -5.24. The van der Waals surface area contributed by atoms with Crippen LogP contribution in [0.25, 0.3) is 0 Å². The Morgan fingerprint density at radius 2 is 1.07 bits per heavy atom. The molecule has 4 fully saturated rings. The van der Waals surface area contributed by atoms with Crippen molar-refractivity contribution in [3.05, 3.63) is 93.5 Å². The number of rotatable bonds is 18. The first-order chi connectivity index (χ1) is 33.1. The van der Waals surface area contributed by atoms with Gasteiger partial charge in [-0.2, -0.15) is 19.6 Å². The summed E-state index contributed by atoms with van der Waals surface area (Å²) in [5, 5.41) is 28.2. The maximum Gasteiger partial charge on any atom is 0.359 e. The second-order valence-electron chi connectivity index (χ2n) is 20.9. The molecule has 2 aromatic carbocycles. The van der Waals surface area contributed by atoms with E-state index in [0.717, 1.165) is 41.5 Å². The fourth-order valence-corrected chi connectivity index (χ4v) is 10.1. The fourth-order valence-electron chi connectivity index (χ4n) is 9.67. The van der Waals surface area contributed by atoms with Crippen molar-refractivity contribution in [1.82, 2.24) is 29.4 Å². The van der Waals surface area contributed by atoms with Crippen LogP contribution >= 0.6 is 23.2 Å². The van der Waals surface area contributed by atoms with Crippen molar-refractivity contribution in [1.29, 1.82) is 0 Å². The first-order valence-electron chi connectivity index (χ1n) is 23.7. The Kier molecular flexibility index (Phi) is 15.2. The predicted molar refractivity (Wildman–Crippen MR) is 255 cm³/mol. The third kappa shape index (κ3) is 12.4. The number of carbonyl (C=O) groups is 4. The number of hydrogen-bond acceptors (Lipinski definition) is 13. The molecule has 378 valence electrons. The molecule has 0 bridgehead atoms. The summed E-state index contributed by atoms with van der Waals surface area (Å²) in [6.07, 6.45) is 6.07. The summed E-state index contributed by atoms with van der Waals surface area (Å²) in [7, 11) is 0. The van der Waals surface area contributed by atoms with Crippen LogP contribution in [0.15, 0.2) is 60.9 Å². The van der Waals surface area contributed by atoms with Gasteiger partial charge in [0.15, 0.2) is 11.4 Å². The van der Waals surface area contributed by atoms with Crippen LogP contribution in [0.2, 0.25) is 10.0 Å². The van der Waals surface area contributed by atoms with Gasteiger partial charge in [-0.25, -0.2) is 19.2 Å². The molecule has 2 saturated carbocycles. The highest BCUT2D eigenvalue weighted by Crippen LogP contribution is 2.42. The largest absolute Gasteiger partial charge is 0.489 e. The van der Waals surface area contributed by atoms with Gasteiger partial charge in [0.1, 0.15) is 30.3 Å². The summed E-state index contributed by atoms with van der Waals surface area (Å²) >= 11 is 13.4. The molecular weight excluding hydrogens is 947 g/mol. The summed E-state index contributed by atoms with van der Waals surface area (Å²) in [5.74, 6) is 0.199. The minimum atomic E-state index is -1.18. The number of benzene rings is 2. The van der Waals surface area contributed by atoms with Gasteiger partial charge in [-0.15, -0.1) is 0 Å². The number of aromatic carboxylic acids is 1. The predicted octanol–water partition coefficient (Wildman–Crippen LogP) is 7.83. The van der Waals surface area contributed by atoms with Gasteiger partial charge in [-0.1, -0.05) is 47.5 Å². The Bertz CT molecular complexity index is 2530. The molecule has 0 radical (unpaired) electrons. The van der Waals surface area contributed by atoms with E-state index in [9.17, 15) is 24.3 Å². The van der Waals surface area contributed by atoms with Crippen molar-refractivity contribution in [2.75, 3.05) is 46.0 Å². The highest BCUT2D eigenvalue weighted by Gasteiger charge is 2.45. The van der Waals surface area contributed by atoms with Gasteiger partial charge in [-0.3, -0.25) is 0 Å². The number of ether oxygens (including phenoxy) is 6. The first kappa shape index (κ1) is 51.1. The quantitative estimate of drug-likeness (QED) is 0.0912. The number of aliphatic hydroxyl groups is 1. The van der Waals surface area contributed by atoms with Crippen molar-refractivity contribution < 1.29 is 57.8 Å². The molecule has 2 aliphatic carbocycles. The van der Waals surface area contributed by atoms with Crippen LogP contribution in [0, 0.1) is 23.7 Å². The number of hydrogen-bond donors (Lipinski definition) is 2. The molecule has 2 amide bonds. The number of esters is 1. The lowest BCUT2D eigenvalue weighted by molar-refractivity contribution is -0.111. The molecule has 18 nitrogen and oxygen atoms in total. The van der Waals surface area contributed by atoms with E-state index in [1.165, 1.54) is 29.2 Å². The molecule has 70 heavy (non-hydrogen) atoms. The number of halogens is 2. The van der Waals surface area contributed by atoms with E-state index in [0.29, 0.717) is 54.3 Å². The monoisotopic (exact) mass is 1010 g/mol. The zero-order chi connectivity index (χ0) is 50.1. The summed E-state index contributed by atoms with van der Waals surface area (Å²) in [6.45, 7) is 13.7. The minimum absolute atomic E-state index is 0.00236. The summed E-state index contributed by atoms with van der Waals surface area (Å²) < 4.78 is 38.8. The molecule has 20 heteroatoms. The lowest BCUT2D eigenvalue weighted by Crippen LogP contribution is -2.41. The van der Waals surface area contributed by atoms with Crippen molar-refractivity contribution >= 4 is 47.2 Å². The van der Waals surface area contributed by atoms with Crippen molar-refractivity contribution in [2.24, 2.45) is 23.7 Å². The molecule has 6 atom stereocenters. The van der Waals surface area contributed by atoms with E-state index < -0.39 is 28.7 Å². The van der Waals surface area contributed by atoms with Gasteiger partial charge in [0.05, 0.1) is 53.3 Å². The Balaban J connectivity index is 0.737. The van der Waals surface area contributed by atoms with Crippen LogP contribution in [0.3, 0.4) is 0 Å². The van der Waals surface area contributed by atoms with E-state index in [2.05, 4.69) is 10.2 Å². The number of carboxylic acid groups (broad SMARTS) is 1. The average molecular weight is 1010 g/mol. The van der Waals surface area contributed by atoms with Crippen LogP contribution in [0.4, 0.5) is 9.59 Å².